The van der Waals surface area contributed by atoms with E-state index < -0.39 is 45.8 Å². The number of ether oxygens (including phenoxy) is 1. The van der Waals surface area contributed by atoms with Crippen LogP contribution in [0, 0.1) is 5.41 Å². The molecule has 0 aromatic carbocycles. The second-order valence-electron chi connectivity index (χ2n) is 7.44. The van der Waals surface area contributed by atoms with Gasteiger partial charge in [0.05, 0.1) is 27.6 Å². The highest BCUT2D eigenvalue weighted by Gasteiger charge is 2.42. The number of hydrogen-bond acceptors (Lipinski definition) is 9. The van der Waals surface area contributed by atoms with E-state index >= 15 is 0 Å². The molecule has 1 unspecified atom stereocenters. The Bertz CT molecular complexity index is 1100. The summed E-state index contributed by atoms with van der Waals surface area (Å²) >= 11 is 4.13. The quantitative estimate of drug-likeness (QED) is 0.588. The predicted octanol–water partition coefficient (Wildman–Crippen LogP) is 1.67. The molecule has 162 valence electrons. The topological polar surface area (TPSA) is 141 Å². The third-order valence-electron chi connectivity index (χ3n) is 4.07. The van der Waals surface area contributed by atoms with Gasteiger partial charge in [-0.2, -0.15) is 0 Å². The summed E-state index contributed by atoms with van der Waals surface area (Å²) in [6, 6.07) is 1.88. The molecule has 1 atom stereocenters. The molecule has 30 heavy (non-hydrogen) atoms. The second kappa shape index (κ2) is 8.07. The first-order valence-corrected chi connectivity index (χ1v) is 11.6. The largest absolute Gasteiger partial charge is 0.442 e. The lowest BCUT2D eigenvalue weighted by Gasteiger charge is -2.29. The number of urea groups is 1. The molecule has 1 aliphatic heterocycles. The number of carbonyl (C=O) groups excluding carboxylic acids is 3. The van der Waals surface area contributed by atoms with Crippen LogP contribution in [0.5, 0.6) is 0 Å². The molecular formula is C16H18BrN5O6S2. The summed E-state index contributed by atoms with van der Waals surface area (Å²) in [5.41, 5.74) is -0.557. The average molecular weight is 520 g/mol. The number of esters is 1. The first kappa shape index (κ1) is 22.4. The van der Waals surface area contributed by atoms with Gasteiger partial charge in [0.25, 0.3) is 10.0 Å². The van der Waals surface area contributed by atoms with Crippen LogP contribution >= 0.6 is 27.3 Å². The molecule has 11 nitrogen and oxygen atoms in total. The summed E-state index contributed by atoms with van der Waals surface area (Å²) in [6.45, 7) is 4.45. The van der Waals surface area contributed by atoms with Gasteiger partial charge in [-0.1, -0.05) is 5.21 Å². The smallest absolute Gasteiger partial charge is 0.338 e. The molecule has 1 N–H and O–H groups in total. The van der Waals surface area contributed by atoms with Crippen LogP contribution in [0.15, 0.2) is 26.3 Å². The number of halogens is 1. The molecule has 1 fully saturated rings. The molecule has 0 aliphatic carbocycles. The summed E-state index contributed by atoms with van der Waals surface area (Å²) in [5.74, 6) is -2.20. The average Bonchev–Trinajstić information content (AvgIpc) is 3.28. The maximum atomic E-state index is 12.8. The minimum atomic E-state index is -4.15. The highest BCUT2D eigenvalue weighted by Crippen LogP contribution is 2.31. The Morgan fingerprint density at radius 1 is 1.37 bits per heavy atom. The van der Waals surface area contributed by atoms with Crippen LogP contribution in [-0.4, -0.2) is 52.2 Å². The van der Waals surface area contributed by atoms with Crippen molar-refractivity contribution in [2.24, 2.45) is 5.41 Å². The lowest BCUT2D eigenvalue weighted by molar-refractivity contribution is -0.157. The van der Waals surface area contributed by atoms with Crippen LogP contribution in [0.2, 0.25) is 0 Å². The van der Waals surface area contributed by atoms with Crippen molar-refractivity contribution in [2.45, 2.75) is 37.6 Å². The van der Waals surface area contributed by atoms with Gasteiger partial charge in [0.15, 0.2) is 6.73 Å². The summed E-state index contributed by atoms with van der Waals surface area (Å²) in [6.07, 6.45) is 1.36. The van der Waals surface area contributed by atoms with E-state index in [9.17, 15) is 22.8 Å². The zero-order valence-corrected chi connectivity index (χ0v) is 19.4. The second-order valence-corrected chi connectivity index (χ2v) is 12.0. The number of sulfonamides is 1. The minimum Gasteiger partial charge on any atom is -0.442 e. The Balaban J connectivity index is 1.78. The molecule has 3 heterocycles. The van der Waals surface area contributed by atoms with Gasteiger partial charge in [0, 0.05) is 0 Å². The van der Waals surface area contributed by atoms with Gasteiger partial charge in [-0.15, -0.1) is 16.4 Å². The SMILES string of the molecule is CC(C)(C)C(=O)OCn1cc(C2CN(S(=O)(=O)c3ccc(Br)s3)C(=O)NC2=O)nn1. The van der Waals surface area contributed by atoms with Crippen molar-refractivity contribution in [3.63, 3.8) is 0 Å². The lowest BCUT2D eigenvalue weighted by atomic mass is 9.98. The Hall–Kier alpha value is -2.32. The number of hydrogen-bond donors (Lipinski definition) is 1. The summed E-state index contributed by atoms with van der Waals surface area (Å²) in [7, 11) is -4.15. The predicted molar refractivity (Wildman–Crippen MR) is 108 cm³/mol. The van der Waals surface area contributed by atoms with Gasteiger partial charge in [-0.3, -0.25) is 14.9 Å². The van der Waals surface area contributed by atoms with Gasteiger partial charge in [0.1, 0.15) is 10.1 Å². The van der Waals surface area contributed by atoms with Crippen molar-refractivity contribution in [1.29, 1.82) is 0 Å². The first-order valence-electron chi connectivity index (χ1n) is 8.60. The Kier molecular flexibility index (Phi) is 6.02. The van der Waals surface area contributed by atoms with E-state index in [-0.39, 0.29) is 16.6 Å². The number of aromatic nitrogens is 3. The molecule has 0 saturated carbocycles. The number of nitrogens with zero attached hydrogens (tertiary/aromatic N) is 4. The van der Waals surface area contributed by atoms with Crippen LogP contribution in [0.25, 0.3) is 0 Å². The first-order chi connectivity index (χ1) is 13.9. The number of nitrogens with one attached hydrogen (secondary N) is 1. The maximum absolute atomic E-state index is 12.8. The molecule has 3 amide bonds. The Morgan fingerprint density at radius 2 is 2.07 bits per heavy atom. The van der Waals surface area contributed by atoms with Gasteiger partial charge in [0.2, 0.25) is 5.91 Å². The standard InChI is InChI=1S/C16H18BrN5O6S2/c1-16(2,3)14(24)28-8-21-7-10(19-20-21)9-6-22(15(25)18-13(9)23)30(26,27)12-5-4-11(17)29-12/h4-5,7,9H,6,8H2,1-3H3,(H,18,23,25). The molecule has 2 aromatic heterocycles. The number of imide groups is 1. The van der Waals surface area contributed by atoms with E-state index in [1.807, 2.05) is 5.32 Å². The van der Waals surface area contributed by atoms with Crippen molar-refractivity contribution in [3.8, 4) is 0 Å². The van der Waals surface area contributed by atoms with Gasteiger partial charge in [-0.25, -0.2) is 22.2 Å². The lowest BCUT2D eigenvalue weighted by Crippen LogP contribution is -2.55. The van der Waals surface area contributed by atoms with Crippen molar-refractivity contribution in [3.05, 3.63) is 27.8 Å². The van der Waals surface area contributed by atoms with Crippen molar-refractivity contribution >= 4 is 55.2 Å². The van der Waals surface area contributed by atoms with E-state index in [0.717, 1.165) is 11.3 Å². The fourth-order valence-electron chi connectivity index (χ4n) is 2.44. The zero-order chi connectivity index (χ0) is 22.3. The van der Waals surface area contributed by atoms with E-state index in [4.69, 9.17) is 4.74 Å². The molecule has 1 aliphatic rings. The van der Waals surface area contributed by atoms with Gasteiger partial charge < -0.3 is 4.74 Å². The van der Waals surface area contributed by atoms with Crippen LogP contribution in [0.1, 0.15) is 32.4 Å². The number of carbonyl (C=O) groups is 3. The van der Waals surface area contributed by atoms with Crippen molar-refractivity contribution in [2.75, 3.05) is 6.54 Å². The summed E-state index contributed by atoms with van der Waals surface area (Å²) < 4.78 is 33.1. The molecule has 0 spiro atoms. The minimum absolute atomic E-state index is 0.0460. The Morgan fingerprint density at radius 3 is 2.67 bits per heavy atom. The van der Waals surface area contributed by atoms with Crippen LogP contribution in [-0.2, 0) is 31.1 Å². The Labute approximate surface area is 184 Å². The normalized spacial score (nSPS) is 17.7. The van der Waals surface area contributed by atoms with E-state index in [1.165, 1.54) is 16.9 Å². The van der Waals surface area contributed by atoms with Crippen molar-refractivity contribution < 1.29 is 27.5 Å². The fraction of sp³-hybridized carbons (Fsp3) is 0.438. The monoisotopic (exact) mass is 519 g/mol. The highest BCUT2D eigenvalue weighted by molar-refractivity contribution is 9.11. The molecule has 1 saturated heterocycles. The number of thiophene rings is 1. The van der Waals surface area contributed by atoms with E-state index in [2.05, 4.69) is 26.2 Å². The van der Waals surface area contributed by atoms with Crippen LogP contribution in [0.3, 0.4) is 0 Å². The van der Waals surface area contributed by atoms with Gasteiger partial charge in [-0.05, 0) is 48.8 Å². The fourth-order valence-corrected chi connectivity index (χ4v) is 5.91. The van der Waals surface area contributed by atoms with Crippen LogP contribution < -0.4 is 5.32 Å². The summed E-state index contributed by atoms with van der Waals surface area (Å²) in [4.78, 5) is 36.4. The van der Waals surface area contributed by atoms with E-state index in [0.29, 0.717) is 8.09 Å². The third kappa shape index (κ3) is 4.54. The van der Waals surface area contributed by atoms with E-state index in [1.54, 1.807) is 26.8 Å². The zero-order valence-electron chi connectivity index (χ0n) is 16.2. The number of rotatable bonds is 5. The summed E-state index contributed by atoms with van der Waals surface area (Å²) in [5, 5.41) is 9.71. The maximum Gasteiger partial charge on any atom is 0.338 e. The van der Waals surface area contributed by atoms with Gasteiger partial charge >= 0.3 is 12.0 Å². The van der Waals surface area contributed by atoms with Crippen LogP contribution in [0.4, 0.5) is 4.79 Å². The number of amides is 3. The molecule has 14 heteroatoms. The third-order valence-corrected chi connectivity index (χ3v) is 7.91. The molecule has 3 rings (SSSR count). The highest BCUT2D eigenvalue weighted by atomic mass is 79.9. The molecular weight excluding hydrogens is 502 g/mol. The molecule has 2 aromatic rings. The van der Waals surface area contributed by atoms with Crippen molar-refractivity contribution in [1.82, 2.24) is 24.6 Å². The molecule has 0 radical (unpaired) electrons. The molecule has 0 bridgehead atoms.